The summed E-state index contributed by atoms with van der Waals surface area (Å²) in [6.07, 6.45) is 2.96. The minimum atomic E-state index is 0.596. The molecule has 0 unspecified atom stereocenters. The Hall–Kier alpha value is -1.06. The molecular weight excluding hydrogens is 210 g/mol. The largest absolute Gasteiger partial charge is 0.319 e. The van der Waals surface area contributed by atoms with Crippen LogP contribution in [0.2, 0.25) is 5.15 Å². The zero-order valence-electron chi connectivity index (χ0n) is 8.92. The summed E-state index contributed by atoms with van der Waals surface area (Å²) in [6, 6.07) is 4.13. The molecule has 15 heavy (non-hydrogen) atoms. The van der Waals surface area contributed by atoms with Crippen LogP contribution >= 0.6 is 11.6 Å². The van der Waals surface area contributed by atoms with Gasteiger partial charge < -0.3 is 9.72 Å². The Balaban J connectivity index is 2.54. The number of aromatic nitrogens is 2. The predicted octanol–water partition coefficient (Wildman–Crippen LogP) is 2.06. The molecule has 4 heteroatoms. The Kier molecular flexibility index (Phi) is 2.93. The van der Waals surface area contributed by atoms with Gasteiger partial charge in [-0.05, 0) is 38.6 Å². The fourth-order valence-electron chi connectivity index (χ4n) is 1.77. The van der Waals surface area contributed by atoms with Gasteiger partial charge in [0.15, 0.2) is 5.15 Å². The van der Waals surface area contributed by atoms with E-state index in [0.29, 0.717) is 5.15 Å². The molecule has 0 aromatic carbocycles. The fraction of sp³-hybridized carbons (Fsp3) is 0.364. The number of hydrogen-bond donors (Lipinski definition) is 1. The molecule has 0 aliphatic heterocycles. The topological polar surface area (TPSA) is 29.3 Å². The van der Waals surface area contributed by atoms with Crippen LogP contribution in [-0.4, -0.2) is 23.0 Å². The molecule has 2 heterocycles. The molecule has 0 radical (unpaired) electrons. The molecule has 0 amide bonds. The van der Waals surface area contributed by atoms with Gasteiger partial charge in [-0.1, -0.05) is 17.7 Å². The van der Waals surface area contributed by atoms with E-state index in [9.17, 15) is 0 Å². The molecule has 80 valence electrons. The lowest BCUT2D eigenvalue weighted by molar-refractivity contribution is 0.792. The predicted molar refractivity (Wildman–Crippen MR) is 62.6 cm³/mol. The second-order valence-corrected chi connectivity index (χ2v) is 3.91. The van der Waals surface area contributed by atoms with Crippen molar-refractivity contribution in [3.63, 3.8) is 0 Å². The lowest BCUT2D eigenvalue weighted by Gasteiger charge is -2.04. The first kappa shape index (κ1) is 10.5. The van der Waals surface area contributed by atoms with Gasteiger partial charge in [0.05, 0.1) is 5.52 Å². The summed E-state index contributed by atoms with van der Waals surface area (Å²) in [5, 5.41) is 3.73. The Morgan fingerprint density at radius 1 is 1.53 bits per heavy atom. The fourth-order valence-corrected chi connectivity index (χ4v) is 2.10. The number of halogens is 1. The second-order valence-electron chi connectivity index (χ2n) is 3.56. The molecule has 0 atom stereocenters. The smallest absolute Gasteiger partial charge is 0.155 e. The van der Waals surface area contributed by atoms with Crippen molar-refractivity contribution in [1.29, 1.82) is 0 Å². The zero-order chi connectivity index (χ0) is 10.8. The highest BCUT2D eigenvalue weighted by atomic mass is 35.5. The van der Waals surface area contributed by atoms with Crippen LogP contribution in [0.1, 0.15) is 11.4 Å². The highest BCUT2D eigenvalue weighted by Crippen LogP contribution is 2.22. The van der Waals surface area contributed by atoms with Crippen LogP contribution in [0.5, 0.6) is 0 Å². The first-order chi connectivity index (χ1) is 7.24. The molecule has 0 aliphatic rings. The molecule has 2 aromatic heterocycles. The Morgan fingerprint density at radius 3 is 3.07 bits per heavy atom. The molecule has 0 bridgehead atoms. The number of hydrogen-bond acceptors (Lipinski definition) is 2. The number of fused-ring (bicyclic) bond motifs is 1. The monoisotopic (exact) mass is 223 g/mol. The molecular formula is C11H14ClN3. The third kappa shape index (κ3) is 1.85. The highest BCUT2D eigenvalue weighted by Gasteiger charge is 2.09. The summed E-state index contributed by atoms with van der Waals surface area (Å²) in [4.78, 5) is 4.27. The SMILES string of the molecule is CNCCc1cccn2c(C)nc(Cl)c12. The average molecular weight is 224 g/mol. The van der Waals surface area contributed by atoms with Gasteiger partial charge in [-0.15, -0.1) is 0 Å². The average Bonchev–Trinajstić information content (AvgIpc) is 2.53. The van der Waals surface area contributed by atoms with Gasteiger partial charge in [0.2, 0.25) is 0 Å². The standard InChI is InChI=1S/C11H14ClN3/c1-8-14-11(12)10-9(5-6-13-2)4-3-7-15(8)10/h3-4,7,13H,5-6H2,1-2H3. The molecule has 2 rings (SSSR count). The van der Waals surface area contributed by atoms with Crippen LogP contribution in [0.25, 0.3) is 5.52 Å². The van der Waals surface area contributed by atoms with Gasteiger partial charge in [0, 0.05) is 6.20 Å². The maximum atomic E-state index is 6.11. The molecule has 0 spiro atoms. The zero-order valence-corrected chi connectivity index (χ0v) is 9.67. The molecule has 2 aromatic rings. The lowest BCUT2D eigenvalue weighted by atomic mass is 10.1. The summed E-state index contributed by atoms with van der Waals surface area (Å²) < 4.78 is 2.04. The van der Waals surface area contributed by atoms with Crippen LogP contribution in [0.4, 0.5) is 0 Å². The second kappa shape index (κ2) is 4.21. The van der Waals surface area contributed by atoms with Crippen LogP contribution in [0.3, 0.4) is 0 Å². The number of pyridine rings is 1. The van der Waals surface area contributed by atoms with Crippen molar-refractivity contribution in [2.75, 3.05) is 13.6 Å². The van der Waals surface area contributed by atoms with Gasteiger partial charge in [0.25, 0.3) is 0 Å². The summed E-state index contributed by atoms with van der Waals surface area (Å²) >= 11 is 6.11. The van der Waals surface area contributed by atoms with E-state index < -0.39 is 0 Å². The summed E-state index contributed by atoms with van der Waals surface area (Å²) in [6.45, 7) is 2.90. The quantitative estimate of drug-likeness (QED) is 0.863. The lowest BCUT2D eigenvalue weighted by Crippen LogP contribution is -2.10. The Morgan fingerprint density at radius 2 is 2.33 bits per heavy atom. The molecule has 0 saturated carbocycles. The van der Waals surface area contributed by atoms with Gasteiger partial charge in [-0.3, -0.25) is 0 Å². The van der Waals surface area contributed by atoms with Crippen molar-refractivity contribution < 1.29 is 0 Å². The molecule has 0 saturated heterocycles. The number of nitrogens with zero attached hydrogens (tertiary/aromatic N) is 2. The number of rotatable bonds is 3. The van der Waals surface area contributed by atoms with Crippen molar-refractivity contribution in [1.82, 2.24) is 14.7 Å². The minimum absolute atomic E-state index is 0.596. The van der Waals surface area contributed by atoms with Crippen molar-refractivity contribution in [3.8, 4) is 0 Å². The number of aryl methyl sites for hydroxylation is 1. The van der Waals surface area contributed by atoms with E-state index in [1.54, 1.807) is 0 Å². The van der Waals surface area contributed by atoms with Gasteiger partial charge in [-0.2, -0.15) is 0 Å². The normalized spacial score (nSPS) is 11.1. The van der Waals surface area contributed by atoms with Crippen molar-refractivity contribution >= 4 is 17.1 Å². The van der Waals surface area contributed by atoms with E-state index in [0.717, 1.165) is 24.3 Å². The first-order valence-corrected chi connectivity index (χ1v) is 5.38. The maximum Gasteiger partial charge on any atom is 0.155 e. The minimum Gasteiger partial charge on any atom is -0.319 e. The van der Waals surface area contributed by atoms with E-state index in [-0.39, 0.29) is 0 Å². The maximum absolute atomic E-state index is 6.11. The van der Waals surface area contributed by atoms with E-state index in [1.165, 1.54) is 5.56 Å². The van der Waals surface area contributed by atoms with Crippen molar-refractivity contribution in [3.05, 3.63) is 34.9 Å². The summed E-state index contributed by atoms with van der Waals surface area (Å²) in [7, 11) is 1.95. The summed E-state index contributed by atoms with van der Waals surface area (Å²) in [5.41, 5.74) is 2.27. The number of imidazole rings is 1. The molecule has 0 fully saturated rings. The van der Waals surface area contributed by atoms with Gasteiger partial charge in [-0.25, -0.2) is 4.98 Å². The Labute approximate surface area is 94.1 Å². The first-order valence-electron chi connectivity index (χ1n) is 5.00. The third-order valence-corrected chi connectivity index (χ3v) is 2.79. The van der Waals surface area contributed by atoms with Crippen LogP contribution in [-0.2, 0) is 6.42 Å². The number of likely N-dealkylation sites (N-methyl/N-ethyl adjacent to an activating group) is 1. The Bertz CT molecular complexity index is 476. The highest BCUT2D eigenvalue weighted by molar-refractivity contribution is 6.32. The number of nitrogens with one attached hydrogen (secondary N) is 1. The van der Waals surface area contributed by atoms with Crippen LogP contribution in [0, 0.1) is 6.92 Å². The van der Waals surface area contributed by atoms with E-state index in [4.69, 9.17) is 11.6 Å². The summed E-state index contributed by atoms with van der Waals surface area (Å²) in [5.74, 6) is 0.932. The van der Waals surface area contributed by atoms with Crippen molar-refractivity contribution in [2.24, 2.45) is 0 Å². The van der Waals surface area contributed by atoms with Crippen LogP contribution in [0.15, 0.2) is 18.3 Å². The van der Waals surface area contributed by atoms with E-state index in [2.05, 4.69) is 16.4 Å². The van der Waals surface area contributed by atoms with Gasteiger partial charge >= 0.3 is 0 Å². The van der Waals surface area contributed by atoms with Gasteiger partial charge in [0.1, 0.15) is 5.82 Å². The van der Waals surface area contributed by atoms with Crippen LogP contribution < -0.4 is 5.32 Å². The third-order valence-electron chi connectivity index (χ3n) is 2.53. The molecule has 1 N–H and O–H groups in total. The van der Waals surface area contributed by atoms with E-state index in [1.807, 2.05) is 30.6 Å². The van der Waals surface area contributed by atoms with Crippen molar-refractivity contribution in [2.45, 2.75) is 13.3 Å². The molecule has 0 aliphatic carbocycles. The molecule has 3 nitrogen and oxygen atoms in total. The van der Waals surface area contributed by atoms with E-state index >= 15 is 0 Å².